The molecule has 0 bridgehead atoms. The lowest BCUT2D eigenvalue weighted by molar-refractivity contribution is 0.415. The van der Waals surface area contributed by atoms with Crippen LogP contribution in [0.3, 0.4) is 0 Å². The Hall–Kier alpha value is -2.61. The predicted molar refractivity (Wildman–Crippen MR) is 83.3 cm³/mol. The summed E-state index contributed by atoms with van der Waals surface area (Å²) in [5.74, 6) is 0.861. The quantitative estimate of drug-likeness (QED) is 0.468. The highest BCUT2D eigenvalue weighted by molar-refractivity contribution is 6.15. The Labute approximate surface area is 116 Å². The van der Waals surface area contributed by atoms with E-state index in [0.717, 1.165) is 16.7 Å². The normalized spacial score (nSPS) is 11.2. The summed E-state index contributed by atoms with van der Waals surface area (Å²) in [6.07, 6.45) is 1.94. The highest BCUT2D eigenvalue weighted by Gasteiger charge is 2.06. The van der Waals surface area contributed by atoms with Gasteiger partial charge in [-0.05, 0) is 22.9 Å². The summed E-state index contributed by atoms with van der Waals surface area (Å²) in [4.78, 5) is 4.66. The van der Waals surface area contributed by atoms with E-state index >= 15 is 0 Å². The van der Waals surface area contributed by atoms with E-state index in [9.17, 15) is 0 Å². The molecule has 4 rings (SSSR count). The minimum atomic E-state index is 0.861. The highest BCUT2D eigenvalue weighted by atomic mass is 16.5. The molecule has 0 saturated heterocycles. The first kappa shape index (κ1) is 11.2. The number of fused-ring (bicyclic) bond motifs is 5. The maximum atomic E-state index is 5.33. The van der Waals surface area contributed by atoms with Gasteiger partial charge in [0, 0.05) is 22.4 Å². The molecule has 3 aromatic carbocycles. The van der Waals surface area contributed by atoms with E-state index < -0.39 is 0 Å². The van der Waals surface area contributed by atoms with E-state index in [0.29, 0.717) is 0 Å². The molecule has 1 aromatic heterocycles. The van der Waals surface area contributed by atoms with Crippen LogP contribution in [-0.4, -0.2) is 12.1 Å². The van der Waals surface area contributed by atoms with Gasteiger partial charge in [0.1, 0.15) is 5.75 Å². The van der Waals surface area contributed by atoms with E-state index in [1.165, 1.54) is 21.5 Å². The standard InChI is InChI=1S/C18H13NO/c1-20-14-8-6-12-7-9-16-15-5-3-2-4-13(15)11-19-18(16)17(12)10-14/h2-11H,1H3. The molecular weight excluding hydrogens is 246 g/mol. The molecule has 0 saturated carbocycles. The summed E-state index contributed by atoms with van der Waals surface area (Å²) in [7, 11) is 1.69. The second-order valence-corrected chi connectivity index (χ2v) is 4.89. The van der Waals surface area contributed by atoms with Gasteiger partial charge >= 0.3 is 0 Å². The predicted octanol–water partition coefficient (Wildman–Crippen LogP) is 4.55. The van der Waals surface area contributed by atoms with Crippen molar-refractivity contribution < 1.29 is 4.74 Å². The number of hydrogen-bond acceptors (Lipinski definition) is 2. The second-order valence-electron chi connectivity index (χ2n) is 4.89. The molecule has 0 spiro atoms. The smallest absolute Gasteiger partial charge is 0.119 e. The van der Waals surface area contributed by atoms with Gasteiger partial charge in [-0.2, -0.15) is 0 Å². The summed E-state index contributed by atoms with van der Waals surface area (Å²) >= 11 is 0. The third-order valence-corrected chi connectivity index (χ3v) is 3.78. The zero-order chi connectivity index (χ0) is 13.5. The molecule has 0 radical (unpaired) electrons. The molecule has 0 unspecified atom stereocenters. The molecule has 0 aliphatic rings. The molecule has 4 aromatic rings. The third kappa shape index (κ3) is 1.55. The first-order valence-electron chi connectivity index (χ1n) is 6.61. The Morgan fingerprint density at radius 1 is 0.800 bits per heavy atom. The van der Waals surface area contributed by atoms with Gasteiger partial charge in [0.05, 0.1) is 12.6 Å². The lowest BCUT2D eigenvalue weighted by atomic mass is 10.0. The van der Waals surface area contributed by atoms with E-state index in [-0.39, 0.29) is 0 Å². The highest BCUT2D eigenvalue weighted by Crippen LogP contribution is 2.31. The van der Waals surface area contributed by atoms with Crippen molar-refractivity contribution in [3.63, 3.8) is 0 Å². The Morgan fingerprint density at radius 3 is 2.55 bits per heavy atom. The van der Waals surface area contributed by atoms with Crippen LogP contribution in [-0.2, 0) is 0 Å². The molecule has 2 heteroatoms. The van der Waals surface area contributed by atoms with Gasteiger partial charge in [-0.3, -0.25) is 4.98 Å². The number of benzene rings is 3. The van der Waals surface area contributed by atoms with Crippen molar-refractivity contribution in [1.29, 1.82) is 0 Å². The van der Waals surface area contributed by atoms with Crippen LogP contribution in [0.25, 0.3) is 32.4 Å². The third-order valence-electron chi connectivity index (χ3n) is 3.78. The van der Waals surface area contributed by atoms with Gasteiger partial charge < -0.3 is 4.74 Å². The second kappa shape index (κ2) is 4.20. The van der Waals surface area contributed by atoms with E-state index in [2.05, 4.69) is 47.4 Å². The minimum absolute atomic E-state index is 0.861. The maximum absolute atomic E-state index is 5.33. The summed E-state index contributed by atoms with van der Waals surface area (Å²) in [6, 6.07) is 18.8. The fourth-order valence-corrected chi connectivity index (χ4v) is 2.76. The number of nitrogens with zero attached hydrogens (tertiary/aromatic N) is 1. The Kier molecular flexibility index (Phi) is 2.36. The van der Waals surface area contributed by atoms with Gasteiger partial charge in [0.25, 0.3) is 0 Å². The monoisotopic (exact) mass is 259 g/mol. The van der Waals surface area contributed by atoms with Crippen molar-refractivity contribution in [3.05, 3.63) is 60.8 Å². The van der Waals surface area contributed by atoms with Crippen LogP contribution >= 0.6 is 0 Å². The minimum Gasteiger partial charge on any atom is -0.497 e. The Bertz CT molecular complexity index is 944. The van der Waals surface area contributed by atoms with E-state index in [4.69, 9.17) is 4.74 Å². The van der Waals surface area contributed by atoms with Crippen LogP contribution in [0.5, 0.6) is 5.75 Å². The van der Waals surface area contributed by atoms with Crippen molar-refractivity contribution in [2.45, 2.75) is 0 Å². The van der Waals surface area contributed by atoms with Crippen LogP contribution in [0.2, 0.25) is 0 Å². The number of hydrogen-bond donors (Lipinski definition) is 0. The average Bonchev–Trinajstić information content (AvgIpc) is 2.53. The number of aromatic nitrogens is 1. The first-order chi connectivity index (χ1) is 9.86. The van der Waals surface area contributed by atoms with Crippen molar-refractivity contribution in [2.75, 3.05) is 7.11 Å². The van der Waals surface area contributed by atoms with Crippen molar-refractivity contribution in [1.82, 2.24) is 4.98 Å². The van der Waals surface area contributed by atoms with Crippen LogP contribution in [0, 0.1) is 0 Å². The Balaban J connectivity index is 2.21. The van der Waals surface area contributed by atoms with Crippen LogP contribution in [0.1, 0.15) is 0 Å². The number of pyridine rings is 1. The van der Waals surface area contributed by atoms with Gasteiger partial charge in [0.15, 0.2) is 0 Å². The lowest BCUT2D eigenvalue weighted by Crippen LogP contribution is -1.86. The van der Waals surface area contributed by atoms with Crippen LogP contribution in [0.15, 0.2) is 60.8 Å². The molecular formula is C18H13NO. The summed E-state index contributed by atoms with van der Waals surface area (Å²) in [5.41, 5.74) is 1.03. The molecule has 0 fully saturated rings. The van der Waals surface area contributed by atoms with Crippen LogP contribution < -0.4 is 4.74 Å². The number of ether oxygens (including phenoxy) is 1. The molecule has 0 atom stereocenters. The zero-order valence-electron chi connectivity index (χ0n) is 11.1. The summed E-state index contributed by atoms with van der Waals surface area (Å²) < 4.78 is 5.33. The molecule has 20 heavy (non-hydrogen) atoms. The first-order valence-corrected chi connectivity index (χ1v) is 6.61. The van der Waals surface area contributed by atoms with Gasteiger partial charge in [0.2, 0.25) is 0 Å². The van der Waals surface area contributed by atoms with Gasteiger partial charge in [-0.1, -0.05) is 42.5 Å². The lowest BCUT2D eigenvalue weighted by Gasteiger charge is -2.08. The molecule has 0 aliphatic heterocycles. The zero-order valence-corrected chi connectivity index (χ0v) is 11.1. The fourth-order valence-electron chi connectivity index (χ4n) is 2.76. The maximum Gasteiger partial charge on any atom is 0.119 e. The van der Waals surface area contributed by atoms with E-state index in [1.54, 1.807) is 7.11 Å². The van der Waals surface area contributed by atoms with Crippen molar-refractivity contribution >= 4 is 32.4 Å². The molecule has 1 heterocycles. The average molecular weight is 259 g/mol. The molecule has 0 N–H and O–H groups in total. The largest absolute Gasteiger partial charge is 0.497 e. The van der Waals surface area contributed by atoms with Crippen molar-refractivity contribution in [2.24, 2.45) is 0 Å². The molecule has 0 aliphatic carbocycles. The summed E-state index contributed by atoms with van der Waals surface area (Å²) in [5, 5.41) is 5.90. The molecule has 0 amide bonds. The fraction of sp³-hybridized carbons (Fsp3) is 0.0556. The topological polar surface area (TPSA) is 22.1 Å². The SMILES string of the molecule is COc1ccc2ccc3c4ccccc4cnc3c2c1. The summed E-state index contributed by atoms with van der Waals surface area (Å²) in [6.45, 7) is 0. The Morgan fingerprint density at radius 2 is 1.65 bits per heavy atom. The van der Waals surface area contributed by atoms with Crippen molar-refractivity contribution in [3.8, 4) is 5.75 Å². The van der Waals surface area contributed by atoms with Gasteiger partial charge in [-0.25, -0.2) is 0 Å². The number of methoxy groups -OCH3 is 1. The van der Waals surface area contributed by atoms with E-state index in [1.807, 2.05) is 18.3 Å². The molecule has 2 nitrogen and oxygen atoms in total. The van der Waals surface area contributed by atoms with Crippen LogP contribution in [0.4, 0.5) is 0 Å². The van der Waals surface area contributed by atoms with Gasteiger partial charge in [-0.15, -0.1) is 0 Å². The molecule has 96 valence electrons. The number of rotatable bonds is 1.